The maximum absolute atomic E-state index is 12.6. The van der Waals surface area contributed by atoms with Crippen LogP contribution in [0.5, 0.6) is 0 Å². The Morgan fingerprint density at radius 2 is 2.04 bits per heavy atom. The molecule has 4 rings (SSSR count). The fourth-order valence-corrected chi connectivity index (χ4v) is 5.07. The molecule has 1 aromatic rings. The zero-order chi connectivity index (χ0) is 19.2. The van der Waals surface area contributed by atoms with Gasteiger partial charge in [-0.3, -0.25) is 9.59 Å². The fraction of sp³-hybridized carbons (Fsp3) is 0.714. The molecule has 148 valence electrons. The average molecular weight is 373 g/mol. The summed E-state index contributed by atoms with van der Waals surface area (Å²) in [5, 5.41) is 3.33. The SMILES string of the molecule is Cc1ccc(C(=O)N2CCC3(CC2)NC(=O)[C@@H]2CN(CCC(C)C)C[C@@H]23)o1. The molecule has 1 N–H and O–H groups in total. The van der Waals surface area contributed by atoms with Crippen LogP contribution in [-0.2, 0) is 4.79 Å². The second-order valence-corrected chi connectivity index (χ2v) is 9.00. The first-order valence-electron chi connectivity index (χ1n) is 10.3. The van der Waals surface area contributed by atoms with Gasteiger partial charge in [0.1, 0.15) is 5.76 Å². The van der Waals surface area contributed by atoms with Crippen molar-refractivity contribution in [3.05, 3.63) is 23.7 Å². The highest BCUT2D eigenvalue weighted by atomic mass is 16.3. The number of nitrogens with one attached hydrogen (secondary N) is 1. The standard InChI is InChI=1S/C21H31N3O3/c1-14(2)6-9-23-12-16-17(13-23)21(22-19(16)25)7-10-24(11-8-21)20(26)18-5-4-15(3)27-18/h4-5,14,16-17H,6-13H2,1-3H3,(H,22,25)/t16-,17+/m1/s1. The number of amides is 2. The Bertz CT molecular complexity index is 718. The van der Waals surface area contributed by atoms with Gasteiger partial charge < -0.3 is 19.5 Å². The number of carbonyl (C=O) groups excluding carboxylic acids is 2. The van der Waals surface area contributed by atoms with Crippen LogP contribution in [0, 0.1) is 24.7 Å². The average Bonchev–Trinajstić information content (AvgIpc) is 3.31. The van der Waals surface area contributed by atoms with Crippen molar-refractivity contribution < 1.29 is 14.0 Å². The van der Waals surface area contributed by atoms with E-state index in [-0.39, 0.29) is 23.3 Å². The van der Waals surface area contributed by atoms with E-state index in [2.05, 4.69) is 24.1 Å². The van der Waals surface area contributed by atoms with Gasteiger partial charge in [0.15, 0.2) is 5.76 Å². The van der Waals surface area contributed by atoms with Gasteiger partial charge in [-0.15, -0.1) is 0 Å². The molecule has 2 amide bonds. The van der Waals surface area contributed by atoms with Crippen molar-refractivity contribution in [2.45, 2.75) is 45.6 Å². The van der Waals surface area contributed by atoms with Gasteiger partial charge in [-0.2, -0.15) is 0 Å². The van der Waals surface area contributed by atoms with Crippen molar-refractivity contribution in [3.63, 3.8) is 0 Å². The summed E-state index contributed by atoms with van der Waals surface area (Å²) in [7, 11) is 0. The van der Waals surface area contributed by atoms with Gasteiger partial charge >= 0.3 is 0 Å². The minimum atomic E-state index is -0.135. The number of nitrogens with zero attached hydrogens (tertiary/aromatic N) is 2. The molecule has 0 aromatic carbocycles. The van der Waals surface area contributed by atoms with Crippen molar-refractivity contribution in [1.82, 2.24) is 15.1 Å². The van der Waals surface area contributed by atoms with Crippen molar-refractivity contribution in [1.29, 1.82) is 0 Å². The highest BCUT2D eigenvalue weighted by Crippen LogP contribution is 2.44. The second kappa shape index (κ2) is 6.97. The van der Waals surface area contributed by atoms with E-state index in [4.69, 9.17) is 4.42 Å². The molecule has 0 radical (unpaired) electrons. The molecule has 6 nitrogen and oxygen atoms in total. The third-order valence-corrected chi connectivity index (χ3v) is 6.73. The van der Waals surface area contributed by atoms with Crippen LogP contribution in [0.3, 0.4) is 0 Å². The Hall–Kier alpha value is -1.82. The van der Waals surface area contributed by atoms with Crippen LogP contribution in [0.15, 0.2) is 16.5 Å². The van der Waals surface area contributed by atoms with E-state index in [0.29, 0.717) is 30.7 Å². The number of fused-ring (bicyclic) bond motifs is 2. The maximum Gasteiger partial charge on any atom is 0.289 e. The molecule has 0 aliphatic carbocycles. The highest BCUT2D eigenvalue weighted by molar-refractivity contribution is 5.91. The molecule has 4 heterocycles. The zero-order valence-corrected chi connectivity index (χ0v) is 16.7. The number of rotatable bonds is 4. The van der Waals surface area contributed by atoms with Crippen molar-refractivity contribution >= 4 is 11.8 Å². The monoisotopic (exact) mass is 373 g/mol. The van der Waals surface area contributed by atoms with Gasteiger partial charge in [-0.1, -0.05) is 13.8 Å². The van der Waals surface area contributed by atoms with E-state index in [1.54, 1.807) is 6.07 Å². The quantitative estimate of drug-likeness (QED) is 0.879. The predicted molar refractivity (Wildman–Crippen MR) is 102 cm³/mol. The van der Waals surface area contributed by atoms with E-state index in [1.807, 2.05) is 17.9 Å². The Labute approximate surface area is 161 Å². The lowest BCUT2D eigenvalue weighted by molar-refractivity contribution is -0.123. The number of hydrogen-bond donors (Lipinski definition) is 1. The Morgan fingerprint density at radius 3 is 2.67 bits per heavy atom. The van der Waals surface area contributed by atoms with Crippen LogP contribution in [0.4, 0.5) is 0 Å². The number of carbonyl (C=O) groups is 2. The highest BCUT2D eigenvalue weighted by Gasteiger charge is 2.57. The summed E-state index contributed by atoms with van der Waals surface area (Å²) < 4.78 is 5.49. The molecule has 1 aromatic heterocycles. The van der Waals surface area contributed by atoms with Crippen LogP contribution < -0.4 is 5.32 Å². The second-order valence-electron chi connectivity index (χ2n) is 9.00. The van der Waals surface area contributed by atoms with E-state index in [0.717, 1.165) is 38.2 Å². The third-order valence-electron chi connectivity index (χ3n) is 6.73. The minimum absolute atomic E-state index is 0.0381. The molecule has 27 heavy (non-hydrogen) atoms. The summed E-state index contributed by atoms with van der Waals surface area (Å²) in [6, 6.07) is 3.57. The van der Waals surface area contributed by atoms with Gasteiger partial charge in [0, 0.05) is 37.6 Å². The summed E-state index contributed by atoms with van der Waals surface area (Å²) >= 11 is 0. The molecular weight excluding hydrogens is 342 g/mol. The molecule has 1 spiro atoms. The van der Waals surface area contributed by atoms with E-state index in [9.17, 15) is 9.59 Å². The molecule has 0 saturated carbocycles. The van der Waals surface area contributed by atoms with Crippen molar-refractivity contribution in [3.8, 4) is 0 Å². The van der Waals surface area contributed by atoms with Gasteiger partial charge in [0.25, 0.3) is 5.91 Å². The number of aryl methyl sites for hydroxylation is 1. The van der Waals surface area contributed by atoms with Crippen molar-refractivity contribution in [2.24, 2.45) is 17.8 Å². The number of piperidine rings is 1. The van der Waals surface area contributed by atoms with Crippen LogP contribution in [0.2, 0.25) is 0 Å². The van der Waals surface area contributed by atoms with Gasteiger partial charge in [-0.05, 0) is 50.8 Å². The normalized spacial score (nSPS) is 27.4. The van der Waals surface area contributed by atoms with Gasteiger partial charge in [0.2, 0.25) is 5.91 Å². The van der Waals surface area contributed by atoms with Crippen LogP contribution in [0.1, 0.15) is 49.4 Å². The first-order chi connectivity index (χ1) is 12.9. The first-order valence-corrected chi connectivity index (χ1v) is 10.3. The van der Waals surface area contributed by atoms with Gasteiger partial charge in [-0.25, -0.2) is 0 Å². The lowest BCUT2D eigenvalue weighted by Crippen LogP contribution is -2.56. The molecular formula is C21H31N3O3. The van der Waals surface area contributed by atoms with Crippen LogP contribution >= 0.6 is 0 Å². The number of furan rings is 1. The lowest BCUT2D eigenvalue weighted by Gasteiger charge is -2.42. The van der Waals surface area contributed by atoms with Gasteiger partial charge in [0.05, 0.1) is 5.92 Å². The molecule has 3 fully saturated rings. The molecule has 3 saturated heterocycles. The minimum Gasteiger partial charge on any atom is -0.456 e. The van der Waals surface area contributed by atoms with E-state index in [1.165, 1.54) is 6.42 Å². The smallest absolute Gasteiger partial charge is 0.289 e. The summed E-state index contributed by atoms with van der Waals surface area (Å²) in [6.07, 6.45) is 2.85. The topological polar surface area (TPSA) is 65.8 Å². The predicted octanol–water partition coefficient (Wildman–Crippen LogP) is 2.29. The molecule has 3 aliphatic heterocycles. The molecule has 3 aliphatic rings. The fourth-order valence-electron chi connectivity index (χ4n) is 5.07. The van der Waals surface area contributed by atoms with Crippen LogP contribution in [0.25, 0.3) is 0 Å². The Balaban J connectivity index is 1.40. The van der Waals surface area contributed by atoms with E-state index >= 15 is 0 Å². The molecule has 6 heteroatoms. The third kappa shape index (κ3) is 3.40. The van der Waals surface area contributed by atoms with Crippen molar-refractivity contribution in [2.75, 3.05) is 32.7 Å². The Kier molecular flexibility index (Phi) is 4.78. The molecule has 0 bridgehead atoms. The lowest BCUT2D eigenvalue weighted by atomic mass is 9.75. The number of hydrogen-bond acceptors (Lipinski definition) is 4. The van der Waals surface area contributed by atoms with E-state index < -0.39 is 0 Å². The first kappa shape index (κ1) is 18.5. The van der Waals surface area contributed by atoms with Crippen LogP contribution in [-0.4, -0.2) is 59.9 Å². The summed E-state index contributed by atoms with van der Waals surface area (Å²) in [4.78, 5) is 29.6. The summed E-state index contributed by atoms with van der Waals surface area (Å²) in [6.45, 7) is 10.7. The zero-order valence-electron chi connectivity index (χ0n) is 16.7. The molecule has 0 unspecified atom stereocenters. The number of likely N-dealkylation sites (tertiary alicyclic amines) is 2. The largest absolute Gasteiger partial charge is 0.456 e. The Morgan fingerprint density at radius 1 is 1.30 bits per heavy atom. The molecule has 2 atom stereocenters. The maximum atomic E-state index is 12.6. The summed E-state index contributed by atoms with van der Waals surface area (Å²) in [5.41, 5.74) is -0.135. The summed E-state index contributed by atoms with van der Waals surface area (Å²) in [5.74, 6) is 2.53.